The molecule has 0 aliphatic rings. The number of nitrogens with one attached hydrogen (secondary N) is 1. The predicted molar refractivity (Wildman–Crippen MR) is 64.0 cm³/mol. The van der Waals surface area contributed by atoms with Crippen LogP contribution in [0.4, 0.5) is 4.39 Å². The minimum absolute atomic E-state index is 0.135. The molecule has 0 aliphatic carbocycles. The second-order valence-electron chi connectivity index (χ2n) is 3.70. The Morgan fingerprint density at radius 2 is 2.25 bits per heavy atom. The molecule has 0 bridgehead atoms. The summed E-state index contributed by atoms with van der Waals surface area (Å²) in [7, 11) is 0. The third-order valence-electron chi connectivity index (χ3n) is 2.60. The van der Waals surface area contributed by atoms with Gasteiger partial charge >= 0.3 is 0 Å². The third-order valence-corrected chi connectivity index (χ3v) is 2.95. The molecule has 0 fully saturated rings. The van der Waals surface area contributed by atoms with Crippen LogP contribution in [0.25, 0.3) is 0 Å². The average molecular weight is 246 g/mol. The Hall–Kier alpha value is -0.640. The minimum Gasteiger partial charge on any atom is -0.396 e. The van der Waals surface area contributed by atoms with E-state index in [-0.39, 0.29) is 18.5 Å². The highest BCUT2D eigenvalue weighted by atomic mass is 35.5. The van der Waals surface area contributed by atoms with E-state index >= 15 is 0 Å². The quantitative estimate of drug-likeness (QED) is 0.808. The van der Waals surface area contributed by atoms with E-state index < -0.39 is 0 Å². The first kappa shape index (κ1) is 13.4. The van der Waals surface area contributed by atoms with Crippen LogP contribution in [-0.4, -0.2) is 17.8 Å². The molecular formula is C12H17ClFNO. The second kappa shape index (κ2) is 6.84. The molecule has 1 atom stereocenters. The summed E-state index contributed by atoms with van der Waals surface area (Å²) in [6, 6.07) is 4.86. The van der Waals surface area contributed by atoms with Gasteiger partial charge in [0.2, 0.25) is 0 Å². The van der Waals surface area contributed by atoms with Crippen molar-refractivity contribution in [2.45, 2.75) is 32.4 Å². The van der Waals surface area contributed by atoms with E-state index in [9.17, 15) is 4.39 Å². The van der Waals surface area contributed by atoms with Gasteiger partial charge in [0.1, 0.15) is 5.82 Å². The lowest BCUT2D eigenvalue weighted by Crippen LogP contribution is -2.29. The Morgan fingerprint density at radius 3 is 2.81 bits per heavy atom. The highest BCUT2D eigenvalue weighted by Gasteiger charge is 2.09. The van der Waals surface area contributed by atoms with Gasteiger partial charge in [-0.05, 0) is 25.0 Å². The van der Waals surface area contributed by atoms with Gasteiger partial charge in [-0.3, -0.25) is 0 Å². The Bertz CT molecular complexity index is 313. The molecule has 0 aromatic heterocycles. The molecule has 1 aromatic carbocycles. The summed E-state index contributed by atoms with van der Waals surface area (Å²) in [4.78, 5) is 0. The summed E-state index contributed by atoms with van der Waals surface area (Å²) >= 11 is 5.90. The molecule has 4 heteroatoms. The molecule has 2 N–H and O–H groups in total. The Kier molecular flexibility index (Phi) is 5.74. The summed E-state index contributed by atoms with van der Waals surface area (Å²) < 4.78 is 13.4. The normalized spacial score (nSPS) is 12.8. The molecule has 1 unspecified atom stereocenters. The number of halogens is 2. The van der Waals surface area contributed by atoms with E-state index in [0.29, 0.717) is 23.6 Å². The zero-order valence-corrected chi connectivity index (χ0v) is 10.1. The predicted octanol–water partition coefficient (Wildman–Crippen LogP) is 2.73. The average Bonchev–Trinajstić information content (AvgIpc) is 2.27. The van der Waals surface area contributed by atoms with Gasteiger partial charge in [-0.25, -0.2) is 4.39 Å². The van der Waals surface area contributed by atoms with E-state index in [2.05, 4.69) is 5.32 Å². The fraction of sp³-hybridized carbons (Fsp3) is 0.500. The maximum absolute atomic E-state index is 13.4. The molecule has 1 rings (SSSR count). The first-order chi connectivity index (χ1) is 7.69. The smallest absolute Gasteiger partial charge is 0.129 e. The van der Waals surface area contributed by atoms with Gasteiger partial charge in [0.05, 0.1) is 0 Å². The summed E-state index contributed by atoms with van der Waals surface area (Å²) in [6.07, 6.45) is 1.56. The molecule has 90 valence electrons. The molecule has 1 aromatic rings. The molecule has 2 nitrogen and oxygen atoms in total. The summed E-state index contributed by atoms with van der Waals surface area (Å²) in [5, 5.41) is 12.5. The molecule has 0 radical (unpaired) electrons. The van der Waals surface area contributed by atoms with Gasteiger partial charge in [0.15, 0.2) is 0 Å². The first-order valence-electron chi connectivity index (χ1n) is 5.46. The summed E-state index contributed by atoms with van der Waals surface area (Å²) in [5.41, 5.74) is 0.487. The molecule has 0 saturated heterocycles. The SMILES string of the molecule is CCC(CCO)NCc1c(F)cccc1Cl. The van der Waals surface area contributed by atoms with Gasteiger partial charge in [0, 0.05) is 29.8 Å². The monoisotopic (exact) mass is 245 g/mol. The summed E-state index contributed by atoms with van der Waals surface area (Å²) in [5.74, 6) is -0.293. The Morgan fingerprint density at radius 1 is 1.50 bits per heavy atom. The van der Waals surface area contributed by atoms with Crippen LogP contribution < -0.4 is 5.32 Å². The zero-order valence-electron chi connectivity index (χ0n) is 9.34. The minimum atomic E-state index is -0.293. The molecule has 0 heterocycles. The second-order valence-corrected chi connectivity index (χ2v) is 4.11. The van der Waals surface area contributed by atoms with Gasteiger partial charge in [-0.1, -0.05) is 24.6 Å². The van der Waals surface area contributed by atoms with Crippen LogP contribution in [0.15, 0.2) is 18.2 Å². The largest absolute Gasteiger partial charge is 0.396 e. The number of rotatable bonds is 6. The van der Waals surface area contributed by atoms with E-state index in [1.54, 1.807) is 12.1 Å². The number of aliphatic hydroxyl groups is 1. The fourth-order valence-electron chi connectivity index (χ4n) is 1.55. The Labute approximate surface area is 100 Å². The van der Waals surface area contributed by atoms with Crippen molar-refractivity contribution >= 4 is 11.6 Å². The third kappa shape index (κ3) is 3.74. The van der Waals surface area contributed by atoms with E-state index in [1.807, 2.05) is 6.92 Å². The molecule has 16 heavy (non-hydrogen) atoms. The topological polar surface area (TPSA) is 32.3 Å². The molecule has 0 amide bonds. The summed E-state index contributed by atoms with van der Waals surface area (Å²) in [6.45, 7) is 2.55. The standard InChI is InChI=1S/C12H17ClFNO/c1-2-9(6-7-16)15-8-10-11(13)4-3-5-12(10)14/h3-5,9,15-16H,2,6-8H2,1H3. The van der Waals surface area contributed by atoms with Crippen LogP contribution in [0, 0.1) is 5.82 Å². The number of aliphatic hydroxyl groups excluding tert-OH is 1. The number of hydrogen-bond donors (Lipinski definition) is 2. The molecule has 0 saturated carbocycles. The van der Waals surface area contributed by atoms with Gasteiger partial charge in [-0.15, -0.1) is 0 Å². The van der Waals surface area contributed by atoms with Crippen molar-refractivity contribution in [3.63, 3.8) is 0 Å². The van der Waals surface area contributed by atoms with Crippen molar-refractivity contribution < 1.29 is 9.50 Å². The van der Waals surface area contributed by atoms with Crippen molar-refractivity contribution in [3.8, 4) is 0 Å². The van der Waals surface area contributed by atoms with E-state index in [4.69, 9.17) is 16.7 Å². The van der Waals surface area contributed by atoms with Crippen molar-refractivity contribution in [1.82, 2.24) is 5.32 Å². The Balaban J connectivity index is 2.59. The van der Waals surface area contributed by atoms with Crippen LogP contribution >= 0.6 is 11.6 Å². The lowest BCUT2D eigenvalue weighted by molar-refractivity contribution is 0.261. The molecule has 0 spiro atoms. The van der Waals surface area contributed by atoms with Crippen molar-refractivity contribution in [3.05, 3.63) is 34.6 Å². The zero-order chi connectivity index (χ0) is 12.0. The van der Waals surface area contributed by atoms with Gasteiger partial charge < -0.3 is 10.4 Å². The highest BCUT2D eigenvalue weighted by Crippen LogP contribution is 2.18. The van der Waals surface area contributed by atoms with Gasteiger partial charge in [0.25, 0.3) is 0 Å². The first-order valence-corrected chi connectivity index (χ1v) is 5.84. The van der Waals surface area contributed by atoms with Crippen LogP contribution in [0.5, 0.6) is 0 Å². The van der Waals surface area contributed by atoms with Gasteiger partial charge in [-0.2, -0.15) is 0 Å². The lowest BCUT2D eigenvalue weighted by atomic mass is 10.1. The maximum atomic E-state index is 13.4. The highest BCUT2D eigenvalue weighted by molar-refractivity contribution is 6.31. The van der Waals surface area contributed by atoms with Crippen molar-refractivity contribution in [2.75, 3.05) is 6.61 Å². The van der Waals surface area contributed by atoms with E-state index in [1.165, 1.54) is 6.07 Å². The number of benzene rings is 1. The van der Waals surface area contributed by atoms with E-state index in [0.717, 1.165) is 6.42 Å². The van der Waals surface area contributed by atoms with Crippen LogP contribution in [-0.2, 0) is 6.54 Å². The van der Waals surface area contributed by atoms with Crippen LogP contribution in [0.3, 0.4) is 0 Å². The van der Waals surface area contributed by atoms with Crippen LogP contribution in [0.2, 0.25) is 5.02 Å². The fourth-order valence-corrected chi connectivity index (χ4v) is 1.78. The van der Waals surface area contributed by atoms with Crippen molar-refractivity contribution in [2.24, 2.45) is 0 Å². The lowest BCUT2D eigenvalue weighted by Gasteiger charge is -2.16. The molecular weight excluding hydrogens is 229 g/mol. The van der Waals surface area contributed by atoms with Crippen molar-refractivity contribution in [1.29, 1.82) is 0 Å². The van der Waals surface area contributed by atoms with Crippen LogP contribution in [0.1, 0.15) is 25.3 Å². The number of hydrogen-bond acceptors (Lipinski definition) is 2. The molecule has 0 aliphatic heterocycles. The maximum Gasteiger partial charge on any atom is 0.129 e.